The van der Waals surface area contributed by atoms with Crippen LogP contribution in [0.3, 0.4) is 0 Å². The standard InChI is InChI=1S/C30H32Br2N2O4S/c1-6-9-23-25(29(36)38-8-3)26(19-12-10-18(11-13-19)17(4)5)34-28(35)24(39-30(34)33-23)15-20-14-21(31)16-22(32)27(20)37-7-2/h10-17,26H,6-9H2,1-5H3/b24-15-/t26-/m0/s1. The Hall–Kier alpha value is -2.49. The zero-order chi connectivity index (χ0) is 28.3. The van der Waals surface area contributed by atoms with E-state index in [1.807, 2.05) is 44.2 Å². The van der Waals surface area contributed by atoms with Crippen LogP contribution in [0.2, 0.25) is 0 Å². The van der Waals surface area contributed by atoms with Gasteiger partial charge in [-0.25, -0.2) is 9.79 Å². The first-order valence-electron chi connectivity index (χ1n) is 13.1. The zero-order valence-electron chi connectivity index (χ0n) is 22.7. The van der Waals surface area contributed by atoms with Gasteiger partial charge in [-0.15, -0.1) is 0 Å². The maximum absolute atomic E-state index is 14.0. The minimum Gasteiger partial charge on any atom is -0.492 e. The Morgan fingerprint density at radius 1 is 1.13 bits per heavy atom. The number of esters is 1. The van der Waals surface area contributed by atoms with Crippen molar-refractivity contribution in [3.63, 3.8) is 0 Å². The molecule has 0 bridgehead atoms. The van der Waals surface area contributed by atoms with E-state index in [1.54, 1.807) is 11.5 Å². The van der Waals surface area contributed by atoms with Gasteiger partial charge in [0.05, 0.1) is 39.5 Å². The molecule has 6 nitrogen and oxygen atoms in total. The second kappa shape index (κ2) is 12.8. The summed E-state index contributed by atoms with van der Waals surface area (Å²) in [5, 5.41) is 0. The summed E-state index contributed by atoms with van der Waals surface area (Å²) in [5.74, 6) is 0.582. The molecule has 0 radical (unpaired) electrons. The molecule has 0 spiro atoms. The van der Waals surface area contributed by atoms with E-state index in [9.17, 15) is 9.59 Å². The smallest absolute Gasteiger partial charge is 0.338 e. The fraction of sp³-hybridized carbons (Fsp3) is 0.367. The number of rotatable bonds is 9. The molecule has 1 aliphatic heterocycles. The molecule has 2 heterocycles. The summed E-state index contributed by atoms with van der Waals surface area (Å²) in [6.07, 6.45) is 3.24. The summed E-state index contributed by atoms with van der Waals surface area (Å²) in [6, 6.07) is 11.3. The molecule has 0 unspecified atom stereocenters. The number of fused-ring (bicyclic) bond motifs is 1. The van der Waals surface area contributed by atoms with Crippen molar-refractivity contribution >= 4 is 55.2 Å². The molecular formula is C30H32Br2N2O4S. The lowest BCUT2D eigenvalue weighted by molar-refractivity contribution is -0.139. The number of nitrogens with zero attached hydrogens (tertiary/aromatic N) is 2. The van der Waals surface area contributed by atoms with Crippen molar-refractivity contribution in [3.05, 3.63) is 93.0 Å². The van der Waals surface area contributed by atoms with E-state index in [0.29, 0.717) is 45.3 Å². The largest absolute Gasteiger partial charge is 0.492 e. The van der Waals surface area contributed by atoms with Gasteiger partial charge in [0, 0.05) is 10.0 Å². The molecule has 0 fully saturated rings. The third-order valence-electron chi connectivity index (χ3n) is 6.42. The van der Waals surface area contributed by atoms with Crippen molar-refractivity contribution in [2.24, 2.45) is 4.99 Å². The van der Waals surface area contributed by atoms with Crippen LogP contribution in [0.15, 0.2) is 66.4 Å². The van der Waals surface area contributed by atoms with Crippen LogP contribution in [0, 0.1) is 0 Å². The molecule has 0 amide bonds. The second-order valence-electron chi connectivity index (χ2n) is 9.47. The van der Waals surface area contributed by atoms with E-state index in [-0.39, 0.29) is 12.2 Å². The molecular weight excluding hydrogens is 644 g/mol. The van der Waals surface area contributed by atoms with Gasteiger partial charge in [0.2, 0.25) is 0 Å². The fourth-order valence-electron chi connectivity index (χ4n) is 4.62. The third kappa shape index (κ3) is 6.15. The van der Waals surface area contributed by atoms with E-state index in [2.05, 4.69) is 57.8 Å². The maximum atomic E-state index is 14.0. The summed E-state index contributed by atoms with van der Waals surface area (Å²) in [5.41, 5.74) is 3.67. The predicted octanol–water partition coefficient (Wildman–Crippen LogP) is 6.63. The molecule has 39 heavy (non-hydrogen) atoms. The lowest BCUT2D eigenvalue weighted by Gasteiger charge is -2.26. The molecule has 9 heteroatoms. The number of hydrogen-bond donors (Lipinski definition) is 0. The quantitative estimate of drug-likeness (QED) is 0.239. The van der Waals surface area contributed by atoms with Gasteiger partial charge in [-0.2, -0.15) is 0 Å². The van der Waals surface area contributed by atoms with Gasteiger partial charge in [-0.3, -0.25) is 9.36 Å². The number of carbonyl (C=O) groups excluding carboxylic acids is 1. The van der Waals surface area contributed by atoms with Crippen molar-refractivity contribution in [1.29, 1.82) is 0 Å². The highest BCUT2D eigenvalue weighted by molar-refractivity contribution is 9.11. The van der Waals surface area contributed by atoms with Crippen molar-refractivity contribution in [3.8, 4) is 5.75 Å². The molecule has 3 aromatic rings. The Morgan fingerprint density at radius 3 is 2.46 bits per heavy atom. The maximum Gasteiger partial charge on any atom is 0.338 e. The Bertz CT molecular complexity index is 1590. The van der Waals surface area contributed by atoms with Crippen LogP contribution in [0.25, 0.3) is 6.08 Å². The Balaban J connectivity index is 2.00. The molecule has 4 rings (SSSR count). The van der Waals surface area contributed by atoms with Crippen LogP contribution in [0.1, 0.15) is 76.1 Å². The van der Waals surface area contributed by atoms with Crippen molar-refractivity contribution in [2.75, 3.05) is 13.2 Å². The Labute approximate surface area is 249 Å². The van der Waals surface area contributed by atoms with Crippen molar-refractivity contribution in [1.82, 2.24) is 4.57 Å². The van der Waals surface area contributed by atoms with Crippen LogP contribution in [-0.4, -0.2) is 23.8 Å². The van der Waals surface area contributed by atoms with E-state index >= 15 is 0 Å². The number of aromatic nitrogens is 1. The van der Waals surface area contributed by atoms with Crippen molar-refractivity contribution in [2.45, 2.75) is 59.4 Å². The second-order valence-corrected chi connectivity index (χ2v) is 12.3. The summed E-state index contributed by atoms with van der Waals surface area (Å²) in [4.78, 5) is 32.8. The van der Waals surface area contributed by atoms with Gasteiger partial charge in [-0.05, 0) is 71.5 Å². The summed E-state index contributed by atoms with van der Waals surface area (Å²) >= 11 is 8.43. The van der Waals surface area contributed by atoms with Gasteiger partial charge in [0.1, 0.15) is 5.75 Å². The highest BCUT2D eigenvalue weighted by atomic mass is 79.9. The van der Waals surface area contributed by atoms with Crippen LogP contribution < -0.4 is 19.6 Å². The SMILES string of the molecule is CCCC1=C(C(=O)OCC)[C@H](c2ccc(C(C)C)cc2)n2c(s/c(=C\c3cc(Br)cc(Br)c3OCC)c2=O)=N1. The van der Waals surface area contributed by atoms with E-state index < -0.39 is 12.0 Å². The number of benzene rings is 2. The lowest BCUT2D eigenvalue weighted by atomic mass is 9.92. The number of allylic oxidation sites excluding steroid dienone is 1. The van der Waals surface area contributed by atoms with Crippen molar-refractivity contribution < 1.29 is 14.3 Å². The molecule has 206 valence electrons. The van der Waals surface area contributed by atoms with Crippen LogP contribution in [-0.2, 0) is 9.53 Å². The minimum absolute atomic E-state index is 0.215. The summed E-state index contributed by atoms with van der Waals surface area (Å²) in [7, 11) is 0. The Morgan fingerprint density at radius 2 is 1.85 bits per heavy atom. The fourth-order valence-corrected chi connectivity index (χ4v) is 7.01. The molecule has 0 N–H and O–H groups in total. The third-order valence-corrected chi connectivity index (χ3v) is 8.45. The number of carbonyl (C=O) groups is 1. The van der Waals surface area contributed by atoms with Gasteiger partial charge in [-0.1, -0.05) is 78.7 Å². The monoisotopic (exact) mass is 674 g/mol. The first-order valence-corrected chi connectivity index (χ1v) is 15.5. The molecule has 0 aliphatic carbocycles. The first-order chi connectivity index (χ1) is 18.7. The number of hydrogen-bond acceptors (Lipinski definition) is 6. The normalized spacial score (nSPS) is 15.4. The van der Waals surface area contributed by atoms with Gasteiger partial charge in [0.25, 0.3) is 5.56 Å². The highest BCUT2D eigenvalue weighted by Gasteiger charge is 2.34. The molecule has 1 aromatic heterocycles. The summed E-state index contributed by atoms with van der Waals surface area (Å²) in [6.45, 7) is 10.7. The predicted molar refractivity (Wildman–Crippen MR) is 163 cm³/mol. The average molecular weight is 676 g/mol. The van der Waals surface area contributed by atoms with E-state index in [0.717, 1.165) is 26.5 Å². The molecule has 2 aromatic carbocycles. The van der Waals surface area contributed by atoms with E-state index in [1.165, 1.54) is 16.9 Å². The number of halogens is 2. The molecule has 0 saturated heterocycles. The highest BCUT2D eigenvalue weighted by Crippen LogP contribution is 2.35. The van der Waals surface area contributed by atoms with Crippen LogP contribution in [0.5, 0.6) is 5.75 Å². The van der Waals surface area contributed by atoms with Gasteiger partial charge in [0.15, 0.2) is 4.80 Å². The molecule has 1 atom stereocenters. The van der Waals surface area contributed by atoms with E-state index in [4.69, 9.17) is 14.5 Å². The summed E-state index contributed by atoms with van der Waals surface area (Å²) < 4.78 is 15.2. The van der Waals surface area contributed by atoms with Gasteiger partial charge >= 0.3 is 5.97 Å². The van der Waals surface area contributed by atoms with Gasteiger partial charge < -0.3 is 9.47 Å². The number of ether oxygens (including phenoxy) is 2. The Kier molecular flexibility index (Phi) is 9.67. The molecule has 1 aliphatic rings. The van der Waals surface area contributed by atoms with Crippen LogP contribution >= 0.6 is 43.2 Å². The molecule has 0 saturated carbocycles. The number of thiazole rings is 1. The first kappa shape index (κ1) is 29.5. The zero-order valence-corrected chi connectivity index (χ0v) is 26.7. The average Bonchev–Trinajstić information content (AvgIpc) is 3.20. The lowest BCUT2D eigenvalue weighted by Crippen LogP contribution is -2.40. The van der Waals surface area contributed by atoms with Crippen LogP contribution in [0.4, 0.5) is 0 Å². The topological polar surface area (TPSA) is 69.9 Å². The minimum atomic E-state index is -0.633.